The Morgan fingerprint density at radius 1 is 1.24 bits per heavy atom. The van der Waals surface area contributed by atoms with Crippen LogP contribution < -0.4 is 15.4 Å². The van der Waals surface area contributed by atoms with Gasteiger partial charge in [0, 0.05) is 23.6 Å². The fraction of sp³-hybridized carbons (Fsp3) is 0.182. The average Bonchev–Trinajstić information content (AvgIpc) is 3.41. The molecule has 2 aliphatic heterocycles. The molecule has 5 rings (SSSR count). The lowest BCUT2D eigenvalue weighted by atomic mass is 9.95. The molecule has 3 N–H and O–H groups in total. The Bertz CT molecular complexity index is 1380. The van der Waals surface area contributed by atoms with Gasteiger partial charge >= 0.3 is 12.0 Å². The maximum absolute atomic E-state index is 14.1. The Morgan fingerprint density at radius 2 is 2.03 bits per heavy atom. The molecule has 3 heterocycles. The second kappa shape index (κ2) is 7.05. The summed E-state index contributed by atoms with van der Waals surface area (Å²) in [6.07, 6.45) is 0. The molecule has 1 atom stereocenters. The van der Waals surface area contributed by atoms with E-state index in [0.717, 1.165) is 17.7 Å². The number of carbonyl (C=O) groups excluding carboxylic acids is 3. The van der Waals surface area contributed by atoms with Gasteiger partial charge in [-0.15, -0.1) is 0 Å². The molecule has 2 aliphatic rings. The largest absolute Gasteiger partial charge is 0.497 e. The van der Waals surface area contributed by atoms with Crippen LogP contribution in [0.1, 0.15) is 32.0 Å². The molecule has 4 amide bonds. The number of aromatic carboxylic acids is 1. The van der Waals surface area contributed by atoms with Crippen molar-refractivity contribution >= 4 is 34.8 Å². The number of carboxylic acid groups (broad SMARTS) is 1. The van der Waals surface area contributed by atoms with E-state index in [2.05, 4.69) is 10.6 Å². The number of nitrogens with one attached hydrogen (secondary N) is 2. The van der Waals surface area contributed by atoms with Crippen LogP contribution in [0.5, 0.6) is 5.75 Å². The van der Waals surface area contributed by atoms with E-state index >= 15 is 0 Å². The number of urea groups is 1. The third-order valence-electron chi connectivity index (χ3n) is 5.82. The molecule has 0 saturated carbocycles. The first kappa shape index (κ1) is 20.5. The van der Waals surface area contributed by atoms with Crippen molar-refractivity contribution in [3.63, 3.8) is 0 Å². The third-order valence-corrected chi connectivity index (χ3v) is 5.82. The van der Waals surface area contributed by atoms with E-state index in [1.54, 1.807) is 18.2 Å². The molecule has 1 aromatic heterocycles. The second-order valence-electron chi connectivity index (χ2n) is 7.78. The number of fused-ring (bicyclic) bond motifs is 2. The molecule has 0 aliphatic carbocycles. The summed E-state index contributed by atoms with van der Waals surface area (Å²) < 4.78 is 25.0. The van der Waals surface area contributed by atoms with Crippen LogP contribution in [0.2, 0.25) is 0 Å². The number of carbonyl (C=O) groups is 4. The molecule has 1 unspecified atom stereocenters. The monoisotopic (exact) mass is 453 g/mol. The fourth-order valence-corrected chi connectivity index (χ4v) is 4.17. The van der Waals surface area contributed by atoms with Crippen LogP contribution in [0.3, 0.4) is 0 Å². The van der Waals surface area contributed by atoms with E-state index in [1.165, 1.54) is 18.1 Å². The Balaban J connectivity index is 1.56. The van der Waals surface area contributed by atoms with Crippen LogP contribution in [0, 0.1) is 5.82 Å². The number of ether oxygens (including phenoxy) is 1. The average molecular weight is 453 g/mol. The summed E-state index contributed by atoms with van der Waals surface area (Å²) in [5.74, 6) is -3.17. The Kier molecular flexibility index (Phi) is 4.38. The first-order chi connectivity index (χ1) is 15.7. The first-order valence-corrected chi connectivity index (χ1v) is 9.78. The van der Waals surface area contributed by atoms with Crippen molar-refractivity contribution in [1.29, 1.82) is 0 Å². The standard InChI is InChI=1S/C22H16FN3O7/c1-32-12-3-2-10-8-26(18(27)13(10)6-12)9-22(20(30)24-21(31)25-22)17-5-11-4-14(19(28)29)15(23)7-16(11)33-17/h2-7H,8-9H2,1H3,(H,28,29)(H2,24,25,30,31). The molecule has 0 radical (unpaired) electrons. The third kappa shape index (κ3) is 3.08. The van der Waals surface area contributed by atoms with Gasteiger partial charge in [0.1, 0.15) is 22.9 Å². The molecular formula is C22H16FN3O7. The lowest BCUT2D eigenvalue weighted by Crippen LogP contribution is -2.52. The summed E-state index contributed by atoms with van der Waals surface area (Å²) in [7, 11) is 1.48. The smallest absolute Gasteiger partial charge is 0.338 e. The number of carboxylic acids is 1. The van der Waals surface area contributed by atoms with Gasteiger partial charge in [-0.25, -0.2) is 14.0 Å². The number of methoxy groups -OCH3 is 1. The minimum absolute atomic E-state index is 0.0124. The lowest BCUT2D eigenvalue weighted by molar-refractivity contribution is -0.125. The van der Waals surface area contributed by atoms with Crippen LogP contribution >= 0.6 is 0 Å². The number of hydrogen-bond donors (Lipinski definition) is 3. The summed E-state index contributed by atoms with van der Waals surface area (Å²) in [5.41, 5.74) is -1.24. The first-order valence-electron chi connectivity index (χ1n) is 9.78. The number of hydrogen-bond acceptors (Lipinski definition) is 6. The number of halogens is 1. The van der Waals surface area contributed by atoms with E-state index in [1.807, 2.05) is 0 Å². The van der Waals surface area contributed by atoms with Crippen molar-refractivity contribution in [2.75, 3.05) is 13.7 Å². The number of imide groups is 1. The van der Waals surface area contributed by atoms with Crippen LogP contribution in [0.15, 0.2) is 40.8 Å². The van der Waals surface area contributed by atoms with Crippen molar-refractivity contribution in [2.45, 2.75) is 12.1 Å². The molecule has 11 heteroatoms. The molecule has 33 heavy (non-hydrogen) atoms. The zero-order valence-electron chi connectivity index (χ0n) is 17.1. The van der Waals surface area contributed by atoms with Crippen molar-refractivity contribution in [3.05, 3.63) is 64.7 Å². The molecule has 10 nitrogen and oxygen atoms in total. The fourth-order valence-electron chi connectivity index (χ4n) is 4.17. The van der Waals surface area contributed by atoms with Crippen molar-refractivity contribution < 1.29 is 37.8 Å². The Morgan fingerprint density at radius 3 is 2.70 bits per heavy atom. The van der Waals surface area contributed by atoms with Gasteiger partial charge < -0.3 is 24.5 Å². The van der Waals surface area contributed by atoms with Gasteiger partial charge in [0.15, 0.2) is 5.54 Å². The minimum atomic E-state index is -1.79. The van der Waals surface area contributed by atoms with Gasteiger partial charge in [-0.05, 0) is 29.8 Å². The molecule has 1 fully saturated rings. The van der Waals surface area contributed by atoms with Crippen molar-refractivity contribution in [3.8, 4) is 5.75 Å². The van der Waals surface area contributed by atoms with Gasteiger partial charge in [-0.1, -0.05) is 6.07 Å². The van der Waals surface area contributed by atoms with E-state index < -0.39 is 34.8 Å². The highest BCUT2D eigenvalue weighted by Gasteiger charge is 2.53. The topological polar surface area (TPSA) is 138 Å². The van der Waals surface area contributed by atoms with Crippen molar-refractivity contribution in [2.24, 2.45) is 0 Å². The SMILES string of the molecule is COc1ccc2c(c1)C(=O)N(CC1(c3cc4cc(C(=O)O)c(F)cc4o3)NC(=O)NC1=O)C2. The van der Waals surface area contributed by atoms with Gasteiger partial charge in [0.25, 0.3) is 11.8 Å². The van der Waals surface area contributed by atoms with Gasteiger partial charge in [-0.2, -0.15) is 0 Å². The summed E-state index contributed by atoms with van der Waals surface area (Å²) >= 11 is 0. The Hall–Kier alpha value is -4.41. The zero-order valence-corrected chi connectivity index (χ0v) is 17.1. The van der Waals surface area contributed by atoms with E-state index in [-0.39, 0.29) is 35.7 Å². The molecule has 168 valence electrons. The van der Waals surface area contributed by atoms with Crippen LogP contribution in [-0.2, 0) is 16.9 Å². The highest BCUT2D eigenvalue weighted by atomic mass is 19.1. The highest BCUT2D eigenvalue weighted by Crippen LogP contribution is 2.35. The van der Waals surface area contributed by atoms with Crippen LogP contribution in [0.4, 0.5) is 9.18 Å². The minimum Gasteiger partial charge on any atom is -0.497 e. The molecule has 3 aromatic rings. The molecule has 0 bridgehead atoms. The predicted octanol–water partition coefficient (Wildman–Crippen LogP) is 1.97. The lowest BCUT2D eigenvalue weighted by Gasteiger charge is -2.29. The maximum atomic E-state index is 14.1. The summed E-state index contributed by atoms with van der Waals surface area (Å²) in [4.78, 5) is 50.7. The van der Waals surface area contributed by atoms with Crippen molar-refractivity contribution in [1.82, 2.24) is 15.5 Å². The van der Waals surface area contributed by atoms with Gasteiger partial charge in [0.05, 0.1) is 19.2 Å². The number of furan rings is 1. The summed E-state index contributed by atoms with van der Waals surface area (Å²) in [6, 6.07) is 7.58. The van der Waals surface area contributed by atoms with Gasteiger partial charge in [0.2, 0.25) is 0 Å². The van der Waals surface area contributed by atoms with E-state index in [0.29, 0.717) is 11.3 Å². The molecular weight excluding hydrogens is 437 g/mol. The Labute approximate surface area is 184 Å². The quantitative estimate of drug-likeness (QED) is 0.502. The van der Waals surface area contributed by atoms with Crippen LogP contribution in [-0.4, -0.2) is 47.5 Å². The highest BCUT2D eigenvalue weighted by molar-refractivity contribution is 6.08. The number of amides is 4. The molecule has 2 aromatic carbocycles. The second-order valence-corrected chi connectivity index (χ2v) is 7.78. The predicted molar refractivity (Wildman–Crippen MR) is 109 cm³/mol. The molecule has 0 spiro atoms. The normalized spacial score (nSPS) is 19.6. The van der Waals surface area contributed by atoms with Crippen LogP contribution in [0.25, 0.3) is 11.0 Å². The van der Waals surface area contributed by atoms with E-state index in [9.17, 15) is 23.6 Å². The maximum Gasteiger partial charge on any atom is 0.338 e. The molecule has 1 saturated heterocycles. The number of benzene rings is 2. The number of rotatable bonds is 5. The number of nitrogens with zero attached hydrogens (tertiary/aromatic N) is 1. The zero-order chi connectivity index (χ0) is 23.5. The summed E-state index contributed by atoms with van der Waals surface area (Å²) in [6.45, 7) is -0.0877. The van der Waals surface area contributed by atoms with Gasteiger partial charge in [-0.3, -0.25) is 14.9 Å². The van der Waals surface area contributed by atoms with E-state index in [4.69, 9.17) is 14.3 Å². The summed E-state index contributed by atoms with van der Waals surface area (Å²) in [5, 5.41) is 14.1.